The molecule has 0 aliphatic rings. The maximum Gasteiger partial charge on any atom is 0.257 e. The second-order valence-electron chi connectivity index (χ2n) is 6.19. The Kier molecular flexibility index (Phi) is 7.36. The summed E-state index contributed by atoms with van der Waals surface area (Å²) in [5.74, 6) is 2.10. The van der Waals surface area contributed by atoms with E-state index in [1.165, 1.54) is 21.3 Å². The molecule has 0 heterocycles. The Morgan fingerprint density at radius 3 is 2.19 bits per heavy atom. The molecule has 0 fully saturated rings. The first-order valence-electron chi connectivity index (χ1n) is 8.43. The van der Waals surface area contributed by atoms with Crippen LogP contribution in [0.2, 0.25) is 0 Å². The number of nitrogens with one attached hydrogen (secondary N) is 1. The molecule has 0 atom stereocenters. The first-order chi connectivity index (χ1) is 12.9. The lowest BCUT2D eigenvalue weighted by Gasteiger charge is -2.16. The lowest BCUT2D eigenvalue weighted by atomic mass is 10.1. The topological polar surface area (TPSA) is 66.0 Å². The number of hydrogen-bond acceptors (Lipinski definition) is 5. The molecule has 1 amide bonds. The zero-order valence-corrected chi connectivity index (χ0v) is 17.7. The maximum atomic E-state index is 12.7. The van der Waals surface area contributed by atoms with Crippen molar-refractivity contribution < 1.29 is 23.7 Å². The van der Waals surface area contributed by atoms with Gasteiger partial charge in [-0.3, -0.25) is 4.79 Å². The molecule has 146 valence electrons. The van der Waals surface area contributed by atoms with Crippen LogP contribution in [0.15, 0.2) is 34.8 Å². The van der Waals surface area contributed by atoms with Gasteiger partial charge < -0.3 is 24.3 Å². The van der Waals surface area contributed by atoms with Crippen molar-refractivity contribution in [3.8, 4) is 23.0 Å². The van der Waals surface area contributed by atoms with E-state index in [4.69, 9.17) is 18.9 Å². The Balaban J connectivity index is 2.23. The molecule has 0 saturated heterocycles. The number of carbonyl (C=O) groups is 1. The Labute approximate surface area is 167 Å². The molecule has 1 N–H and O–H groups in total. The molecule has 0 aliphatic carbocycles. The normalized spacial score (nSPS) is 10.5. The maximum absolute atomic E-state index is 12.7. The van der Waals surface area contributed by atoms with Crippen LogP contribution in [0.25, 0.3) is 0 Å². The van der Waals surface area contributed by atoms with Gasteiger partial charge in [-0.2, -0.15) is 0 Å². The van der Waals surface area contributed by atoms with E-state index in [0.29, 0.717) is 45.5 Å². The average molecular weight is 438 g/mol. The van der Waals surface area contributed by atoms with Gasteiger partial charge in [0.25, 0.3) is 5.91 Å². The van der Waals surface area contributed by atoms with Crippen molar-refractivity contribution in [1.82, 2.24) is 0 Å². The van der Waals surface area contributed by atoms with Crippen LogP contribution in [-0.2, 0) is 0 Å². The standard InChI is InChI=1S/C20H24BrNO5/c1-12(2)11-27-14-8-6-13(7-9-14)22-20(23)15-10-16(24-3)18(25-4)19(26-5)17(15)21/h6-10,12H,11H2,1-5H3,(H,22,23). The molecule has 0 saturated carbocycles. The van der Waals surface area contributed by atoms with Crippen molar-refractivity contribution in [2.45, 2.75) is 13.8 Å². The number of rotatable bonds is 8. The zero-order valence-electron chi connectivity index (χ0n) is 16.1. The van der Waals surface area contributed by atoms with E-state index < -0.39 is 0 Å². The molecule has 0 radical (unpaired) electrons. The second-order valence-corrected chi connectivity index (χ2v) is 6.98. The van der Waals surface area contributed by atoms with Crippen molar-refractivity contribution in [3.63, 3.8) is 0 Å². The van der Waals surface area contributed by atoms with Crippen molar-refractivity contribution in [2.75, 3.05) is 33.3 Å². The Bertz CT molecular complexity index is 790. The van der Waals surface area contributed by atoms with Crippen molar-refractivity contribution in [1.29, 1.82) is 0 Å². The number of halogens is 1. The molecule has 6 nitrogen and oxygen atoms in total. The molecule has 0 spiro atoms. The summed E-state index contributed by atoms with van der Waals surface area (Å²) < 4.78 is 22.1. The minimum absolute atomic E-state index is 0.308. The molecular weight excluding hydrogens is 414 g/mol. The summed E-state index contributed by atoms with van der Waals surface area (Å²) in [4.78, 5) is 12.7. The number of benzene rings is 2. The molecule has 2 aromatic carbocycles. The lowest BCUT2D eigenvalue weighted by Crippen LogP contribution is -2.14. The second kappa shape index (κ2) is 9.50. The van der Waals surface area contributed by atoms with Gasteiger partial charge >= 0.3 is 0 Å². The smallest absolute Gasteiger partial charge is 0.257 e. The number of amides is 1. The summed E-state index contributed by atoms with van der Waals surface area (Å²) >= 11 is 3.41. The first kappa shape index (κ1) is 20.9. The zero-order chi connectivity index (χ0) is 20.0. The molecule has 0 unspecified atom stereocenters. The van der Waals surface area contributed by atoms with E-state index in [-0.39, 0.29) is 5.91 Å². The molecule has 0 bridgehead atoms. The van der Waals surface area contributed by atoms with Gasteiger partial charge in [-0.15, -0.1) is 0 Å². The van der Waals surface area contributed by atoms with Crippen molar-refractivity contribution >= 4 is 27.5 Å². The Hall–Kier alpha value is -2.41. The van der Waals surface area contributed by atoms with E-state index in [2.05, 4.69) is 35.1 Å². The number of methoxy groups -OCH3 is 3. The summed E-state index contributed by atoms with van der Waals surface area (Å²) in [6.07, 6.45) is 0. The van der Waals surface area contributed by atoms with Crippen LogP contribution >= 0.6 is 15.9 Å². The third-order valence-electron chi connectivity index (χ3n) is 3.71. The van der Waals surface area contributed by atoms with E-state index in [0.717, 1.165) is 5.75 Å². The fourth-order valence-electron chi connectivity index (χ4n) is 2.38. The fourth-order valence-corrected chi connectivity index (χ4v) is 3.02. The minimum Gasteiger partial charge on any atom is -0.493 e. The van der Waals surface area contributed by atoms with Crippen LogP contribution in [0, 0.1) is 5.92 Å². The highest BCUT2D eigenvalue weighted by molar-refractivity contribution is 9.10. The SMILES string of the molecule is COc1cc(C(=O)Nc2ccc(OCC(C)C)cc2)c(Br)c(OC)c1OC. The Morgan fingerprint density at radius 1 is 1.04 bits per heavy atom. The molecule has 7 heteroatoms. The molecule has 0 aliphatic heterocycles. The van der Waals surface area contributed by atoms with Crippen LogP contribution in [0.1, 0.15) is 24.2 Å². The summed E-state index contributed by atoms with van der Waals surface area (Å²) in [6.45, 7) is 4.82. The van der Waals surface area contributed by atoms with Crippen LogP contribution in [0.3, 0.4) is 0 Å². The highest BCUT2D eigenvalue weighted by Gasteiger charge is 2.22. The monoisotopic (exact) mass is 437 g/mol. The third-order valence-corrected chi connectivity index (χ3v) is 4.50. The van der Waals surface area contributed by atoms with Crippen molar-refractivity contribution in [2.24, 2.45) is 5.92 Å². The van der Waals surface area contributed by atoms with Gasteiger partial charge in [-0.1, -0.05) is 13.8 Å². The summed E-state index contributed by atoms with van der Waals surface area (Å²) in [7, 11) is 4.51. The van der Waals surface area contributed by atoms with E-state index in [1.54, 1.807) is 18.2 Å². The average Bonchev–Trinajstić information content (AvgIpc) is 2.66. The predicted octanol–water partition coefficient (Wildman–Crippen LogP) is 4.76. The van der Waals surface area contributed by atoms with Gasteiger partial charge in [0.2, 0.25) is 5.75 Å². The van der Waals surface area contributed by atoms with Gasteiger partial charge in [-0.25, -0.2) is 0 Å². The molecule has 2 aromatic rings. The van der Waals surface area contributed by atoms with Crippen LogP contribution in [-0.4, -0.2) is 33.8 Å². The van der Waals surface area contributed by atoms with Gasteiger partial charge in [0.1, 0.15) is 5.75 Å². The highest BCUT2D eigenvalue weighted by Crippen LogP contribution is 2.44. The van der Waals surface area contributed by atoms with Crippen molar-refractivity contribution in [3.05, 3.63) is 40.4 Å². The predicted molar refractivity (Wildman–Crippen MR) is 109 cm³/mol. The van der Waals surface area contributed by atoms with Crippen LogP contribution in [0.5, 0.6) is 23.0 Å². The summed E-state index contributed by atoms with van der Waals surface area (Å²) in [5, 5.41) is 2.85. The fraction of sp³-hybridized carbons (Fsp3) is 0.350. The highest BCUT2D eigenvalue weighted by atomic mass is 79.9. The minimum atomic E-state index is -0.308. The summed E-state index contributed by atoms with van der Waals surface area (Å²) in [5.41, 5.74) is 1.02. The van der Waals surface area contributed by atoms with Crippen LogP contribution in [0.4, 0.5) is 5.69 Å². The number of hydrogen-bond donors (Lipinski definition) is 1. The number of anilines is 1. The number of carbonyl (C=O) groups excluding carboxylic acids is 1. The van der Waals surface area contributed by atoms with Gasteiger partial charge in [0.15, 0.2) is 11.5 Å². The lowest BCUT2D eigenvalue weighted by molar-refractivity contribution is 0.102. The molecular formula is C20H24BrNO5. The van der Waals surface area contributed by atoms with E-state index in [1.807, 2.05) is 12.1 Å². The molecule has 2 rings (SSSR count). The summed E-state index contributed by atoms with van der Waals surface area (Å²) in [6, 6.07) is 8.82. The largest absolute Gasteiger partial charge is 0.493 e. The quantitative estimate of drug-likeness (QED) is 0.644. The molecule has 0 aromatic heterocycles. The molecule has 27 heavy (non-hydrogen) atoms. The van der Waals surface area contributed by atoms with Crippen LogP contribution < -0.4 is 24.3 Å². The number of ether oxygens (including phenoxy) is 4. The van der Waals surface area contributed by atoms with Gasteiger partial charge in [0.05, 0.1) is 38.0 Å². The Morgan fingerprint density at radius 2 is 1.67 bits per heavy atom. The van der Waals surface area contributed by atoms with E-state index >= 15 is 0 Å². The van der Waals surface area contributed by atoms with Gasteiger partial charge in [-0.05, 0) is 52.2 Å². The first-order valence-corrected chi connectivity index (χ1v) is 9.23. The van der Waals surface area contributed by atoms with E-state index in [9.17, 15) is 4.79 Å². The van der Waals surface area contributed by atoms with Gasteiger partial charge in [0, 0.05) is 5.69 Å². The third kappa shape index (κ3) is 5.07.